The molecule has 0 fully saturated rings. The molecule has 0 aliphatic heterocycles. The van der Waals surface area contributed by atoms with Gasteiger partial charge in [-0.15, -0.1) is 0 Å². The second kappa shape index (κ2) is 14.0. The van der Waals surface area contributed by atoms with Crippen LogP contribution in [0.5, 0.6) is 0 Å². The summed E-state index contributed by atoms with van der Waals surface area (Å²) < 4.78 is 29.5. The number of nitrogens with zero attached hydrogens (tertiary/aromatic N) is 2. The third kappa shape index (κ3) is 8.30. The smallest absolute Gasteiger partial charge is 0.264 e. The molecule has 3 rings (SSSR count). The molecule has 0 bridgehead atoms. The Kier molecular flexibility index (Phi) is 11.0. The van der Waals surface area contributed by atoms with Crippen molar-refractivity contribution >= 4 is 55.1 Å². The predicted octanol–water partition coefficient (Wildman–Crippen LogP) is 5.94. The summed E-state index contributed by atoms with van der Waals surface area (Å²) in [5, 5.41) is 3.28. The van der Waals surface area contributed by atoms with Gasteiger partial charge < -0.3 is 10.2 Å². The van der Waals surface area contributed by atoms with E-state index in [9.17, 15) is 18.0 Å². The summed E-state index contributed by atoms with van der Waals surface area (Å²) in [6, 6.07) is 19.3. The number of aryl methyl sites for hydroxylation is 1. The number of nitrogens with one attached hydrogen (secondary N) is 1. The minimum Gasteiger partial charge on any atom is -0.354 e. The summed E-state index contributed by atoms with van der Waals surface area (Å²) in [5.41, 5.74) is 2.09. The van der Waals surface area contributed by atoms with Crippen LogP contribution in [0.25, 0.3) is 0 Å². The molecule has 0 unspecified atom stereocenters. The van der Waals surface area contributed by atoms with Crippen LogP contribution in [0, 0.1) is 6.92 Å². The standard InChI is InChI=1S/C29H33BrClN3O4S/c1-4-5-17-32-29(36)22(3)33(19-23-7-6-8-24(30)18-23)28(35)20-34(26-13-9-21(2)10-14-26)39(37,38)27-15-11-25(31)12-16-27/h6-16,18,22H,4-5,17,19-20H2,1-3H3,(H,32,36)/t22-/m1/s1. The van der Waals surface area contributed by atoms with E-state index < -0.39 is 28.5 Å². The third-order valence-electron chi connectivity index (χ3n) is 6.24. The van der Waals surface area contributed by atoms with Crippen molar-refractivity contribution in [2.45, 2.75) is 51.1 Å². The topological polar surface area (TPSA) is 86.8 Å². The van der Waals surface area contributed by atoms with Crippen molar-refractivity contribution in [1.82, 2.24) is 10.2 Å². The maximum absolute atomic E-state index is 13.9. The first-order valence-electron chi connectivity index (χ1n) is 12.7. The van der Waals surface area contributed by atoms with Crippen LogP contribution in [0.4, 0.5) is 5.69 Å². The normalized spacial score (nSPS) is 12.0. The van der Waals surface area contributed by atoms with E-state index in [1.54, 1.807) is 31.2 Å². The Morgan fingerprint density at radius 2 is 1.69 bits per heavy atom. The van der Waals surface area contributed by atoms with E-state index >= 15 is 0 Å². The maximum Gasteiger partial charge on any atom is 0.264 e. The number of anilines is 1. The maximum atomic E-state index is 13.9. The lowest BCUT2D eigenvalue weighted by atomic mass is 10.1. The van der Waals surface area contributed by atoms with Crippen LogP contribution in [-0.2, 0) is 26.2 Å². The first kappa shape index (κ1) is 30.7. The molecule has 0 aromatic heterocycles. The Labute approximate surface area is 244 Å². The first-order chi connectivity index (χ1) is 18.5. The van der Waals surface area contributed by atoms with Gasteiger partial charge >= 0.3 is 0 Å². The SMILES string of the molecule is CCCCNC(=O)[C@@H](C)N(Cc1cccc(Br)c1)C(=O)CN(c1ccc(C)cc1)S(=O)(=O)c1ccc(Cl)cc1. The molecule has 3 aromatic rings. The molecule has 1 N–H and O–H groups in total. The number of rotatable bonds is 12. The highest BCUT2D eigenvalue weighted by molar-refractivity contribution is 9.10. The van der Waals surface area contributed by atoms with Gasteiger partial charge in [-0.05, 0) is 74.4 Å². The molecule has 2 amide bonds. The van der Waals surface area contributed by atoms with Gasteiger partial charge in [0.15, 0.2) is 0 Å². The number of sulfonamides is 1. The number of amides is 2. The molecular weight excluding hydrogens is 602 g/mol. The molecule has 10 heteroatoms. The van der Waals surface area contributed by atoms with Crippen molar-refractivity contribution in [3.8, 4) is 0 Å². The number of halogens is 2. The molecule has 208 valence electrons. The lowest BCUT2D eigenvalue weighted by Crippen LogP contribution is -2.51. The number of carbonyl (C=O) groups is 2. The van der Waals surface area contributed by atoms with Crippen LogP contribution >= 0.6 is 27.5 Å². The Hall–Kier alpha value is -2.88. The van der Waals surface area contributed by atoms with Gasteiger partial charge in [-0.1, -0.05) is 70.7 Å². The first-order valence-corrected chi connectivity index (χ1v) is 15.3. The molecule has 0 aliphatic carbocycles. The lowest BCUT2D eigenvalue weighted by Gasteiger charge is -2.32. The zero-order valence-electron chi connectivity index (χ0n) is 22.2. The average molecular weight is 635 g/mol. The molecular formula is C29H33BrClN3O4S. The molecule has 0 saturated heterocycles. The van der Waals surface area contributed by atoms with Gasteiger partial charge in [0.2, 0.25) is 11.8 Å². The summed E-state index contributed by atoms with van der Waals surface area (Å²) in [4.78, 5) is 28.3. The van der Waals surface area contributed by atoms with E-state index in [1.807, 2.05) is 38.1 Å². The van der Waals surface area contributed by atoms with Gasteiger partial charge in [-0.2, -0.15) is 0 Å². The number of unbranched alkanes of at least 4 members (excludes halogenated alkanes) is 1. The molecule has 0 spiro atoms. The Morgan fingerprint density at radius 3 is 2.31 bits per heavy atom. The van der Waals surface area contributed by atoms with Crippen LogP contribution in [0.1, 0.15) is 37.8 Å². The number of hydrogen-bond donors (Lipinski definition) is 1. The second-order valence-electron chi connectivity index (χ2n) is 9.27. The van der Waals surface area contributed by atoms with E-state index in [1.165, 1.54) is 29.2 Å². The predicted molar refractivity (Wildman–Crippen MR) is 159 cm³/mol. The van der Waals surface area contributed by atoms with E-state index in [0.717, 1.165) is 32.7 Å². The Bertz CT molecular complexity index is 1380. The quantitative estimate of drug-likeness (QED) is 0.250. The van der Waals surface area contributed by atoms with E-state index in [4.69, 9.17) is 11.6 Å². The van der Waals surface area contributed by atoms with E-state index in [-0.39, 0.29) is 17.3 Å². The van der Waals surface area contributed by atoms with Gasteiger partial charge in [-0.25, -0.2) is 8.42 Å². The summed E-state index contributed by atoms with van der Waals surface area (Å²) in [5.74, 6) is -0.805. The van der Waals surface area contributed by atoms with Crippen molar-refractivity contribution in [1.29, 1.82) is 0 Å². The molecule has 0 heterocycles. The van der Waals surface area contributed by atoms with Gasteiger partial charge in [0, 0.05) is 22.6 Å². The van der Waals surface area contributed by atoms with Crippen LogP contribution in [0.15, 0.2) is 82.2 Å². The zero-order chi connectivity index (χ0) is 28.6. The minimum absolute atomic E-state index is 0.00386. The largest absolute Gasteiger partial charge is 0.354 e. The van der Waals surface area contributed by atoms with Gasteiger partial charge in [0.1, 0.15) is 12.6 Å². The van der Waals surface area contributed by atoms with Crippen molar-refractivity contribution in [2.75, 3.05) is 17.4 Å². The highest BCUT2D eigenvalue weighted by atomic mass is 79.9. The van der Waals surface area contributed by atoms with Crippen LogP contribution in [-0.4, -0.2) is 44.3 Å². The van der Waals surface area contributed by atoms with Gasteiger partial charge in [0.25, 0.3) is 10.0 Å². The molecule has 39 heavy (non-hydrogen) atoms. The summed E-state index contributed by atoms with van der Waals surface area (Å²) in [6.07, 6.45) is 1.74. The highest BCUT2D eigenvalue weighted by Crippen LogP contribution is 2.26. The van der Waals surface area contributed by atoms with Crippen LogP contribution in [0.2, 0.25) is 5.02 Å². The molecule has 0 radical (unpaired) electrons. The minimum atomic E-state index is -4.14. The number of carbonyl (C=O) groups excluding carboxylic acids is 2. The molecule has 7 nitrogen and oxygen atoms in total. The van der Waals surface area contributed by atoms with Crippen LogP contribution in [0.3, 0.4) is 0 Å². The molecule has 0 aliphatic rings. The number of hydrogen-bond acceptors (Lipinski definition) is 4. The second-order valence-corrected chi connectivity index (χ2v) is 12.5. The van der Waals surface area contributed by atoms with Crippen molar-refractivity contribution in [3.05, 3.63) is 93.4 Å². The van der Waals surface area contributed by atoms with Crippen LogP contribution < -0.4 is 9.62 Å². The summed E-state index contributed by atoms with van der Waals surface area (Å²) in [6.45, 7) is 5.71. The zero-order valence-corrected chi connectivity index (χ0v) is 25.4. The fourth-order valence-corrected chi connectivity index (χ4v) is 5.91. The van der Waals surface area contributed by atoms with Gasteiger partial charge in [-0.3, -0.25) is 13.9 Å². The monoisotopic (exact) mass is 633 g/mol. The fourth-order valence-electron chi connectivity index (χ4n) is 3.92. The lowest BCUT2D eigenvalue weighted by molar-refractivity contribution is -0.139. The van der Waals surface area contributed by atoms with Crippen molar-refractivity contribution in [3.63, 3.8) is 0 Å². The van der Waals surface area contributed by atoms with Gasteiger partial charge in [0.05, 0.1) is 10.6 Å². The number of benzene rings is 3. The third-order valence-corrected chi connectivity index (χ3v) is 8.77. The highest BCUT2D eigenvalue weighted by Gasteiger charge is 2.32. The molecule has 1 atom stereocenters. The van der Waals surface area contributed by atoms with E-state index in [2.05, 4.69) is 21.2 Å². The van der Waals surface area contributed by atoms with E-state index in [0.29, 0.717) is 17.3 Å². The Morgan fingerprint density at radius 1 is 1.03 bits per heavy atom. The summed E-state index contributed by atoms with van der Waals surface area (Å²) >= 11 is 9.44. The Balaban J connectivity index is 1.99. The molecule has 0 saturated carbocycles. The van der Waals surface area contributed by atoms with Crippen molar-refractivity contribution < 1.29 is 18.0 Å². The summed E-state index contributed by atoms with van der Waals surface area (Å²) in [7, 11) is -4.14. The average Bonchev–Trinajstić information content (AvgIpc) is 2.90. The van der Waals surface area contributed by atoms with Crippen molar-refractivity contribution in [2.24, 2.45) is 0 Å². The fraction of sp³-hybridized carbons (Fsp3) is 0.310. The molecule has 3 aromatic carbocycles.